The number of pyridine rings is 1. The molecule has 0 amide bonds. The number of hydrogen-bond acceptors (Lipinski definition) is 3. The van der Waals surface area contributed by atoms with Gasteiger partial charge in [0.05, 0.1) is 0 Å². The summed E-state index contributed by atoms with van der Waals surface area (Å²) in [6.07, 6.45) is 0. The van der Waals surface area contributed by atoms with Crippen LogP contribution in [0.3, 0.4) is 0 Å². The maximum Gasteiger partial charge on any atom is 0.128 e. The number of halogens is 1. The average molecular weight is 262 g/mol. The zero-order valence-electron chi connectivity index (χ0n) is 10.4. The van der Waals surface area contributed by atoms with Crippen LogP contribution in [0.15, 0.2) is 42.5 Å². The summed E-state index contributed by atoms with van der Waals surface area (Å²) in [6.45, 7) is 2.09. The molecule has 0 radical (unpaired) electrons. The predicted octanol–water partition coefficient (Wildman–Crippen LogP) is 3.95. The summed E-state index contributed by atoms with van der Waals surface area (Å²) < 4.78 is 0. The van der Waals surface area contributed by atoms with Crippen LogP contribution in [0.2, 0.25) is 5.02 Å². The average Bonchev–Trinajstić information content (AvgIpc) is 2.39. The fraction of sp³-hybridized carbons (Fsp3) is 0.214. The number of rotatable bonds is 4. The van der Waals surface area contributed by atoms with Gasteiger partial charge >= 0.3 is 0 Å². The van der Waals surface area contributed by atoms with Gasteiger partial charge in [0.25, 0.3) is 0 Å². The molecule has 3 nitrogen and oxygen atoms in total. The Morgan fingerprint density at radius 3 is 2.39 bits per heavy atom. The highest BCUT2D eigenvalue weighted by molar-refractivity contribution is 6.30. The second-order valence-electron chi connectivity index (χ2n) is 4.08. The van der Waals surface area contributed by atoms with Crippen molar-refractivity contribution in [1.82, 2.24) is 4.98 Å². The lowest BCUT2D eigenvalue weighted by molar-refractivity contribution is 0.875. The molecule has 1 aromatic carbocycles. The van der Waals surface area contributed by atoms with Crippen molar-refractivity contribution in [3.05, 3.63) is 53.1 Å². The van der Waals surface area contributed by atoms with Crippen molar-refractivity contribution < 1.29 is 0 Å². The highest BCUT2D eigenvalue weighted by atomic mass is 35.5. The van der Waals surface area contributed by atoms with Gasteiger partial charge in [-0.15, -0.1) is 0 Å². The van der Waals surface area contributed by atoms with E-state index in [4.69, 9.17) is 11.6 Å². The summed E-state index contributed by atoms with van der Waals surface area (Å²) in [5.41, 5.74) is 1.18. The molecule has 94 valence electrons. The Balaban J connectivity index is 2.10. The maximum atomic E-state index is 5.88. The van der Waals surface area contributed by atoms with Gasteiger partial charge in [-0.3, -0.25) is 0 Å². The summed E-state index contributed by atoms with van der Waals surface area (Å²) in [5.74, 6) is 1.70. The molecule has 0 aliphatic heterocycles. The van der Waals surface area contributed by atoms with Crippen LogP contribution in [0.5, 0.6) is 0 Å². The van der Waals surface area contributed by atoms with Crippen LogP contribution < -0.4 is 10.6 Å². The van der Waals surface area contributed by atoms with Crippen LogP contribution in [0.4, 0.5) is 11.6 Å². The summed E-state index contributed by atoms with van der Waals surface area (Å²) in [5, 5.41) is 7.13. The van der Waals surface area contributed by atoms with Crippen molar-refractivity contribution in [1.29, 1.82) is 0 Å². The molecule has 0 saturated heterocycles. The molecule has 2 N–H and O–H groups in total. The normalized spacial score (nSPS) is 11.9. The standard InChI is InChI=1S/C14H16ClN3/c1-10(11-6-8-12(15)9-7-11)17-14-5-3-4-13(16-2)18-14/h3-10H,1-2H3,(H2,16,17,18). The minimum Gasteiger partial charge on any atom is -0.373 e. The van der Waals surface area contributed by atoms with E-state index in [2.05, 4.69) is 22.5 Å². The largest absolute Gasteiger partial charge is 0.373 e. The smallest absolute Gasteiger partial charge is 0.128 e. The van der Waals surface area contributed by atoms with E-state index < -0.39 is 0 Å². The van der Waals surface area contributed by atoms with Gasteiger partial charge in [0, 0.05) is 18.1 Å². The molecule has 1 atom stereocenters. The third-order valence-electron chi connectivity index (χ3n) is 2.74. The predicted molar refractivity (Wildman–Crippen MR) is 77.3 cm³/mol. The van der Waals surface area contributed by atoms with Crippen LogP contribution in [0, 0.1) is 0 Å². The van der Waals surface area contributed by atoms with Gasteiger partial charge in [-0.1, -0.05) is 29.8 Å². The van der Waals surface area contributed by atoms with Crippen molar-refractivity contribution in [2.75, 3.05) is 17.7 Å². The van der Waals surface area contributed by atoms with E-state index in [9.17, 15) is 0 Å². The monoisotopic (exact) mass is 261 g/mol. The second-order valence-corrected chi connectivity index (χ2v) is 4.51. The molecule has 2 aromatic rings. The summed E-state index contributed by atoms with van der Waals surface area (Å²) in [4.78, 5) is 4.43. The molecule has 0 fully saturated rings. The van der Waals surface area contributed by atoms with Crippen molar-refractivity contribution in [3.8, 4) is 0 Å². The van der Waals surface area contributed by atoms with E-state index in [0.29, 0.717) is 0 Å². The molecule has 1 unspecified atom stereocenters. The lowest BCUT2D eigenvalue weighted by Gasteiger charge is -2.15. The Labute approximate surface area is 112 Å². The zero-order valence-corrected chi connectivity index (χ0v) is 11.2. The first-order valence-corrected chi connectivity index (χ1v) is 6.23. The van der Waals surface area contributed by atoms with E-state index >= 15 is 0 Å². The van der Waals surface area contributed by atoms with Gasteiger partial charge in [0.2, 0.25) is 0 Å². The molecular weight excluding hydrogens is 246 g/mol. The summed E-state index contributed by atoms with van der Waals surface area (Å²) >= 11 is 5.88. The summed E-state index contributed by atoms with van der Waals surface area (Å²) in [6, 6.07) is 13.9. The highest BCUT2D eigenvalue weighted by Crippen LogP contribution is 2.20. The first kappa shape index (κ1) is 12.7. The second kappa shape index (κ2) is 5.74. The molecular formula is C14H16ClN3. The van der Waals surface area contributed by atoms with E-state index in [1.807, 2.05) is 49.5 Å². The van der Waals surface area contributed by atoms with E-state index in [0.717, 1.165) is 16.7 Å². The Hall–Kier alpha value is -1.74. The molecule has 0 aliphatic carbocycles. The molecule has 1 heterocycles. The van der Waals surface area contributed by atoms with Gasteiger partial charge in [0.1, 0.15) is 11.6 Å². The molecule has 4 heteroatoms. The van der Waals surface area contributed by atoms with Crippen molar-refractivity contribution in [3.63, 3.8) is 0 Å². The van der Waals surface area contributed by atoms with Crippen molar-refractivity contribution in [2.24, 2.45) is 0 Å². The molecule has 0 spiro atoms. The summed E-state index contributed by atoms with van der Waals surface area (Å²) in [7, 11) is 1.86. The van der Waals surface area contributed by atoms with E-state index in [1.165, 1.54) is 5.56 Å². The Bertz CT molecular complexity index is 511. The number of anilines is 2. The quantitative estimate of drug-likeness (QED) is 0.875. The topological polar surface area (TPSA) is 37.0 Å². The Kier molecular flexibility index (Phi) is 4.05. The molecule has 1 aromatic heterocycles. The Morgan fingerprint density at radius 2 is 1.72 bits per heavy atom. The third-order valence-corrected chi connectivity index (χ3v) is 2.99. The molecule has 0 bridgehead atoms. The van der Waals surface area contributed by atoms with Crippen LogP contribution >= 0.6 is 11.6 Å². The molecule has 0 saturated carbocycles. The number of nitrogens with one attached hydrogen (secondary N) is 2. The van der Waals surface area contributed by atoms with Crippen LogP contribution in [0.25, 0.3) is 0 Å². The fourth-order valence-corrected chi connectivity index (χ4v) is 1.84. The molecule has 18 heavy (non-hydrogen) atoms. The van der Waals surface area contributed by atoms with E-state index in [1.54, 1.807) is 0 Å². The lowest BCUT2D eigenvalue weighted by Crippen LogP contribution is -2.08. The van der Waals surface area contributed by atoms with Crippen LogP contribution in [0.1, 0.15) is 18.5 Å². The van der Waals surface area contributed by atoms with Crippen molar-refractivity contribution >= 4 is 23.2 Å². The van der Waals surface area contributed by atoms with E-state index in [-0.39, 0.29) is 6.04 Å². The minimum atomic E-state index is 0.182. The first-order valence-electron chi connectivity index (χ1n) is 5.86. The van der Waals surface area contributed by atoms with Crippen LogP contribution in [-0.4, -0.2) is 12.0 Å². The van der Waals surface area contributed by atoms with Crippen LogP contribution in [-0.2, 0) is 0 Å². The van der Waals surface area contributed by atoms with Crippen molar-refractivity contribution in [2.45, 2.75) is 13.0 Å². The zero-order chi connectivity index (χ0) is 13.0. The SMILES string of the molecule is CNc1cccc(NC(C)c2ccc(Cl)cc2)n1. The lowest BCUT2D eigenvalue weighted by atomic mass is 10.1. The van der Waals surface area contributed by atoms with Gasteiger partial charge in [-0.2, -0.15) is 0 Å². The van der Waals surface area contributed by atoms with Gasteiger partial charge in [0.15, 0.2) is 0 Å². The minimum absolute atomic E-state index is 0.182. The molecule has 0 aliphatic rings. The van der Waals surface area contributed by atoms with Gasteiger partial charge < -0.3 is 10.6 Å². The third kappa shape index (κ3) is 3.14. The number of benzene rings is 1. The first-order chi connectivity index (χ1) is 8.69. The highest BCUT2D eigenvalue weighted by Gasteiger charge is 2.06. The Morgan fingerprint density at radius 1 is 1.06 bits per heavy atom. The van der Waals surface area contributed by atoms with Gasteiger partial charge in [-0.25, -0.2) is 4.98 Å². The fourth-order valence-electron chi connectivity index (χ4n) is 1.71. The number of aromatic nitrogens is 1. The molecule has 2 rings (SSSR count). The number of hydrogen-bond donors (Lipinski definition) is 2. The number of nitrogens with zero attached hydrogens (tertiary/aromatic N) is 1. The maximum absolute atomic E-state index is 5.88. The van der Waals surface area contributed by atoms with Gasteiger partial charge in [-0.05, 0) is 36.8 Å².